The van der Waals surface area contributed by atoms with Crippen molar-refractivity contribution in [2.45, 2.75) is 26.8 Å². The monoisotopic (exact) mass is 253 g/mol. The maximum absolute atomic E-state index is 5.48. The van der Waals surface area contributed by atoms with Crippen molar-refractivity contribution in [2.24, 2.45) is 0 Å². The molecule has 0 radical (unpaired) electrons. The van der Waals surface area contributed by atoms with E-state index in [0.717, 1.165) is 23.8 Å². The first-order valence-corrected chi connectivity index (χ1v) is 6.36. The van der Waals surface area contributed by atoms with E-state index in [1.54, 1.807) is 7.11 Å². The van der Waals surface area contributed by atoms with Gasteiger partial charge in [0.25, 0.3) is 0 Å². The number of methoxy groups -OCH3 is 1. The molecule has 0 aliphatic carbocycles. The molecule has 0 saturated carbocycles. The summed E-state index contributed by atoms with van der Waals surface area (Å²) in [6, 6.07) is 6.09. The van der Waals surface area contributed by atoms with Gasteiger partial charge in [0.15, 0.2) is 11.5 Å². The fraction of sp³-hybridized carbons (Fsp3) is 0.571. The van der Waals surface area contributed by atoms with Crippen LogP contribution < -0.4 is 14.8 Å². The number of ether oxygens (including phenoxy) is 3. The Morgan fingerprint density at radius 2 is 1.94 bits per heavy atom. The molecule has 0 fully saturated rings. The van der Waals surface area contributed by atoms with Gasteiger partial charge in [0.2, 0.25) is 0 Å². The van der Waals surface area contributed by atoms with Gasteiger partial charge in [0, 0.05) is 24.4 Å². The summed E-state index contributed by atoms with van der Waals surface area (Å²) in [7, 11) is 1.64. The van der Waals surface area contributed by atoms with E-state index in [4.69, 9.17) is 14.2 Å². The number of nitrogens with one attached hydrogen (secondary N) is 1. The summed E-state index contributed by atoms with van der Waals surface area (Å²) in [6.07, 6.45) is 0. The zero-order valence-electron chi connectivity index (χ0n) is 11.7. The number of hydrogen-bond acceptors (Lipinski definition) is 4. The van der Waals surface area contributed by atoms with Crippen molar-refractivity contribution >= 4 is 5.69 Å². The van der Waals surface area contributed by atoms with Crippen LogP contribution in [-0.4, -0.2) is 33.0 Å². The van der Waals surface area contributed by atoms with Crippen LogP contribution in [0.25, 0.3) is 0 Å². The van der Waals surface area contributed by atoms with Crippen LogP contribution in [0.4, 0.5) is 5.69 Å². The maximum Gasteiger partial charge on any atom is 0.162 e. The van der Waals surface area contributed by atoms with E-state index in [1.807, 2.05) is 32.0 Å². The molecule has 0 bridgehead atoms. The third-order valence-electron chi connectivity index (χ3n) is 2.45. The number of benzene rings is 1. The standard InChI is InChI=1S/C14H23NO3/c1-5-17-10-11(3)15-12-7-8-13(18-6-2)14(9-12)16-4/h7-9,11,15H,5-6,10H2,1-4H3. The minimum Gasteiger partial charge on any atom is -0.493 e. The average molecular weight is 253 g/mol. The lowest BCUT2D eigenvalue weighted by Gasteiger charge is -2.17. The smallest absolute Gasteiger partial charge is 0.162 e. The van der Waals surface area contributed by atoms with Crippen LogP contribution in [0.2, 0.25) is 0 Å². The third kappa shape index (κ3) is 4.45. The normalized spacial score (nSPS) is 12.0. The molecule has 1 rings (SSSR count). The van der Waals surface area contributed by atoms with E-state index >= 15 is 0 Å². The van der Waals surface area contributed by atoms with Crippen LogP contribution in [0.15, 0.2) is 18.2 Å². The Labute approximate surface area is 109 Å². The quantitative estimate of drug-likeness (QED) is 0.773. The van der Waals surface area contributed by atoms with Crippen LogP contribution in [-0.2, 0) is 4.74 Å². The Balaban J connectivity index is 2.66. The van der Waals surface area contributed by atoms with Gasteiger partial charge in [-0.1, -0.05) is 0 Å². The molecule has 1 N–H and O–H groups in total. The van der Waals surface area contributed by atoms with E-state index in [2.05, 4.69) is 12.2 Å². The van der Waals surface area contributed by atoms with Crippen molar-refractivity contribution in [2.75, 3.05) is 32.2 Å². The fourth-order valence-electron chi connectivity index (χ4n) is 1.65. The molecule has 4 nitrogen and oxygen atoms in total. The molecule has 1 aromatic rings. The fourth-order valence-corrected chi connectivity index (χ4v) is 1.65. The van der Waals surface area contributed by atoms with Gasteiger partial charge < -0.3 is 19.5 Å². The lowest BCUT2D eigenvalue weighted by atomic mass is 10.2. The highest BCUT2D eigenvalue weighted by atomic mass is 16.5. The van der Waals surface area contributed by atoms with Gasteiger partial charge in [-0.25, -0.2) is 0 Å². The molecule has 1 aromatic carbocycles. The van der Waals surface area contributed by atoms with Gasteiger partial charge in [-0.15, -0.1) is 0 Å². The summed E-state index contributed by atoms with van der Waals surface area (Å²) in [5.41, 5.74) is 1.00. The minimum atomic E-state index is 0.257. The van der Waals surface area contributed by atoms with E-state index in [0.29, 0.717) is 13.2 Å². The predicted molar refractivity (Wildman–Crippen MR) is 73.7 cm³/mol. The van der Waals surface area contributed by atoms with Crippen LogP contribution >= 0.6 is 0 Å². The van der Waals surface area contributed by atoms with Crippen molar-refractivity contribution < 1.29 is 14.2 Å². The molecule has 0 spiro atoms. The van der Waals surface area contributed by atoms with Crippen molar-refractivity contribution in [3.63, 3.8) is 0 Å². The molecular formula is C14H23NO3. The topological polar surface area (TPSA) is 39.7 Å². The van der Waals surface area contributed by atoms with Gasteiger partial charge in [-0.3, -0.25) is 0 Å². The second-order valence-corrected chi connectivity index (χ2v) is 4.00. The minimum absolute atomic E-state index is 0.257. The first-order valence-electron chi connectivity index (χ1n) is 6.36. The lowest BCUT2D eigenvalue weighted by Crippen LogP contribution is -2.21. The van der Waals surface area contributed by atoms with Crippen LogP contribution in [0, 0.1) is 0 Å². The van der Waals surface area contributed by atoms with Gasteiger partial charge in [-0.05, 0) is 32.9 Å². The molecule has 1 unspecified atom stereocenters. The molecule has 1 atom stereocenters. The zero-order valence-corrected chi connectivity index (χ0v) is 11.7. The Morgan fingerprint density at radius 1 is 1.17 bits per heavy atom. The number of anilines is 1. The van der Waals surface area contributed by atoms with Crippen LogP contribution in [0.3, 0.4) is 0 Å². The maximum atomic E-state index is 5.48. The van der Waals surface area contributed by atoms with Crippen molar-refractivity contribution in [1.29, 1.82) is 0 Å². The van der Waals surface area contributed by atoms with Gasteiger partial charge in [0.05, 0.1) is 20.3 Å². The first-order chi connectivity index (χ1) is 8.71. The second-order valence-electron chi connectivity index (χ2n) is 4.00. The Kier molecular flexibility index (Phi) is 6.36. The number of rotatable bonds is 8. The Bertz CT molecular complexity index is 355. The van der Waals surface area contributed by atoms with Crippen molar-refractivity contribution in [3.8, 4) is 11.5 Å². The summed E-state index contributed by atoms with van der Waals surface area (Å²) in [5.74, 6) is 1.51. The lowest BCUT2D eigenvalue weighted by molar-refractivity contribution is 0.141. The molecule has 4 heteroatoms. The summed E-state index contributed by atoms with van der Waals surface area (Å²) in [5, 5.41) is 3.36. The van der Waals surface area contributed by atoms with Crippen molar-refractivity contribution in [3.05, 3.63) is 18.2 Å². The summed E-state index contributed by atoms with van der Waals surface area (Å²) >= 11 is 0. The van der Waals surface area contributed by atoms with E-state index in [1.165, 1.54) is 0 Å². The summed E-state index contributed by atoms with van der Waals surface area (Å²) in [4.78, 5) is 0. The number of hydrogen-bond donors (Lipinski definition) is 1. The molecule has 0 aliphatic heterocycles. The first kappa shape index (κ1) is 14.6. The molecular weight excluding hydrogens is 230 g/mol. The molecule has 102 valence electrons. The highest BCUT2D eigenvalue weighted by Gasteiger charge is 2.07. The van der Waals surface area contributed by atoms with E-state index in [9.17, 15) is 0 Å². The molecule has 0 amide bonds. The van der Waals surface area contributed by atoms with Gasteiger partial charge >= 0.3 is 0 Å². The van der Waals surface area contributed by atoms with Crippen LogP contribution in [0.5, 0.6) is 11.5 Å². The predicted octanol–water partition coefficient (Wildman–Crippen LogP) is 2.93. The summed E-state index contributed by atoms with van der Waals surface area (Å²) in [6.45, 7) is 8.08. The third-order valence-corrected chi connectivity index (χ3v) is 2.45. The summed E-state index contributed by atoms with van der Waals surface area (Å²) < 4.78 is 16.1. The highest BCUT2D eigenvalue weighted by molar-refractivity contribution is 5.55. The van der Waals surface area contributed by atoms with Crippen molar-refractivity contribution in [1.82, 2.24) is 0 Å². The molecule has 0 saturated heterocycles. The van der Waals surface area contributed by atoms with Gasteiger partial charge in [0.1, 0.15) is 0 Å². The second kappa shape index (κ2) is 7.82. The largest absolute Gasteiger partial charge is 0.493 e. The molecule has 0 aliphatic rings. The SMILES string of the molecule is CCOCC(C)Nc1ccc(OCC)c(OC)c1. The molecule has 0 aromatic heterocycles. The molecule has 18 heavy (non-hydrogen) atoms. The average Bonchev–Trinajstić information content (AvgIpc) is 2.38. The Hall–Kier alpha value is -1.42. The zero-order chi connectivity index (χ0) is 13.4. The van der Waals surface area contributed by atoms with E-state index in [-0.39, 0.29) is 6.04 Å². The van der Waals surface area contributed by atoms with Crippen LogP contribution in [0.1, 0.15) is 20.8 Å². The van der Waals surface area contributed by atoms with Gasteiger partial charge in [-0.2, -0.15) is 0 Å². The Morgan fingerprint density at radius 3 is 2.56 bits per heavy atom. The highest BCUT2D eigenvalue weighted by Crippen LogP contribution is 2.30. The molecule has 0 heterocycles. The van der Waals surface area contributed by atoms with E-state index < -0.39 is 0 Å².